The number of aromatic nitrogens is 1. The number of thiophene rings is 1. The van der Waals surface area contributed by atoms with Gasteiger partial charge in [-0.15, -0.1) is 11.3 Å². The van der Waals surface area contributed by atoms with Gasteiger partial charge in [0, 0.05) is 44.8 Å². The van der Waals surface area contributed by atoms with Crippen LogP contribution in [-0.2, 0) is 17.8 Å². The molecule has 1 fully saturated rings. The van der Waals surface area contributed by atoms with E-state index in [1.807, 2.05) is 48.2 Å². The number of rotatable bonds is 11. The molecule has 4 aromatic rings. The second-order valence-corrected chi connectivity index (χ2v) is 10.3. The Kier molecular flexibility index (Phi) is 8.56. The molecule has 1 aliphatic heterocycles. The summed E-state index contributed by atoms with van der Waals surface area (Å²) in [6.45, 7) is 8.89. The van der Waals surface area contributed by atoms with Gasteiger partial charge in [0.25, 0.3) is 5.91 Å². The van der Waals surface area contributed by atoms with E-state index in [1.54, 1.807) is 11.3 Å². The van der Waals surface area contributed by atoms with Crippen LogP contribution in [0.4, 0.5) is 0 Å². The van der Waals surface area contributed by atoms with Crippen LogP contribution in [0.2, 0.25) is 0 Å². The predicted octanol–water partition coefficient (Wildman–Crippen LogP) is 5.51. The van der Waals surface area contributed by atoms with Crippen LogP contribution in [-0.4, -0.2) is 66.3 Å². The van der Waals surface area contributed by atoms with Gasteiger partial charge in [0.2, 0.25) is 0 Å². The van der Waals surface area contributed by atoms with Crippen molar-refractivity contribution in [2.75, 3.05) is 46.0 Å². The van der Waals surface area contributed by atoms with E-state index in [0.29, 0.717) is 26.2 Å². The van der Waals surface area contributed by atoms with Gasteiger partial charge < -0.3 is 18.9 Å². The molecule has 0 saturated carbocycles. The number of amides is 1. The first-order valence-corrected chi connectivity index (χ1v) is 14.0. The molecule has 1 aliphatic rings. The molecule has 0 radical (unpaired) electrons. The van der Waals surface area contributed by atoms with E-state index < -0.39 is 0 Å². The number of para-hydroxylation sites is 1. The molecule has 2 aromatic carbocycles. The number of hydrogen-bond donors (Lipinski definition) is 0. The molecule has 0 spiro atoms. The largest absolute Gasteiger partial charge is 0.494 e. The normalized spacial score (nSPS) is 14.2. The van der Waals surface area contributed by atoms with Crippen LogP contribution in [0.25, 0.3) is 10.2 Å². The number of fused-ring (bicyclic) bond motifs is 1. The van der Waals surface area contributed by atoms with Crippen LogP contribution in [0.3, 0.4) is 0 Å². The number of benzene rings is 2. The Hall–Kier alpha value is -3.13. The lowest BCUT2D eigenvalue weighted by Gasteiger charge is -2.29. The number of ether oxygens (including phenoxy) is 2. The standard InChI is InChI=1S/C30H35N3O3S/c1-2-36-28-12-7-6-11-25(28)23-32(15-8-14-31-16-18-35-19-17-31)30(34)27-21-29-26(13-20-37-29)33(27)22-24-9-4-3-5-10-24/h3-7,9-13,20-21H,2,8,14-19,22-23H2,1H3. The van der Waals surface area contributed by atoms with Gasteiger partial charge in [-0.3, -0.25) is 9.69 Å². The summed E-state index contributed by atoms with van der Waals surface area (Å²) in [7, 11) is 0. The molecule has 1 saturated heterocycles. The van der Waals surface area contributed by atoms with Crippen molar-refractivity contribution in [1.29, 1.82) is 0 Å². The number of morpholine rings is 1. The van der Waals surface area contributed by atoms with E-state index in [1.165, 1.54) is 5.56 Å². The van der Waals surface area contributed by atoms with Crippen LogP contribution >= 0.6 is 11.3 Å². The Morgan fingerprint density at radius 3 is 2.65 bits per heavy atom. The van der Waals surface area contributed by atoms with Crippen LogP contribution in [0.5, 0.6) is 5.75 Å². The lowest BCUT2D eigenvalue weighted by molar-refractivity contribution is 0.0355. The molecule has 1 amide bonds. The maximum Gasteiger partial charge on any atom is 0.270 e. The Morgan fingerprint density at radius 2 is 1.84 bits per heavy atom. The second kappa shape index (κ2) is 12.4. The van der Waals surface area contributed by atoms with E-state index in [2.05, 4.69) is 45.2 Å². The van der Waals surface area contributed by atoms with Crippen molar-refractivity contribution in [3.05, 3.63) is 88.9 Å². The Morgan fingerprint density at radius 1 is 1.05 bits per heavy atom. The topological polar surface area (TPSA) is 46.9 Å². The van der Waals surface area contributed by atoms with Gasteiger partial charge in [-0.05, 0) is 42.5 Å². The fourth-order valence-electron chi connectivity index (χ4n) is 4.95. The minimum absolute atomic E-state index is 0.0626. The van der Waals surface area contributed by atoms with Gasteiger partial charge in [0.05, 0.1) is 30.0 Å². The summed E-state index contributed by atoms with van der Waals surface area (Å²) in [4.78, 5) is 18.6. The highest BCUT2D eigenvalue weighted by Crippen LogP contribution is 2.28. The molecule has 0 bridgehead atoms. The third-order valence-electron chi connectivity index (χ3n) is 6.85. The van der Waals surface area contributed by atoms with Gasteiger partial charge in [0.15, 0.2) is 0 Å². The van der Waals surface area contributed by atoms with E-state index in [4.69, 9.17) is 9.47 Å². The van der Waals surface area contributed by atoms with Gasteiger partial charge in [-0.2, -0.15) is 0 Å². The summed E-state index contributed by atoms with van der Waals surface area (Å²) in [5, 5.41) is 2.10. The maximum absolute atomic E-state index is 14.2. The molecule has 2 aromatic heterocycles. The molecular formula is C30H35N3O3S. The molecule has 6 nitrogen and oxygen atoms in total. The molecular weight excluding hydrogens is 482 g/mol. The van der Waals surface area contributed by atoms with Gasteiger partial charge in [0.1, 0.15) is 11.4 Å². The average Bonchev–Trinajstić information content (AvgIpc) is 3.53. The molecule has 5 rings (SSSR count). The number of carbonyl (C=O) groups is 1. The Bertz CT molecular complexity index is 1290. The van der Waals surface area contributed by atoms with Gasteiger partial charge in [-0.25, -0.2) is 0 Å². The Balaban J connectivity index is 1.42. The zero-order chi connectivity index (χ0) is 25.5. The minimum Gasteiger partial charge on any atom is -0.494 e. The molecule has 3 heterocycles. The van der Waals surface area contributed by atoms with Crippen molar-refractivity contribution in [3.63, 3.8) is 0 Å². The fraction of sp³-hybridized carbons (Fsp3) is 0.367. The molecule has 194 valence electrons. The highest BCUT2D eigenvalue weighted by molar-refractivity contribution is 7.17. The summed E-state index contributed by atoms with van der Waals surface area (Å²) in [6.07, 6.45) is 0.913. The zero-order valence-electron chi connectivity index (χ0n) is 21.5. The number of carbonyl (C=O) groups excluding carboxylic acids is 1. The van der Waals surface area contributed by atoms with E-state index in [9.17, 15) is 4.79 Å². The highest BCUT2D eigenvalue weighted by atomic mass is 32.1. The monoisotopic (exact) mass is 517 g/mol. The van der Waals surface area contributed by atoms with Crippen LogP contribution in [0.1, 0.15) is 35.0 Å². The van der Waals surface area contributed by atoms with Gasteiger partial charge >= 0.3 is 0 Å². The van der Waals surface area contributed by atoms with Crippen molar-refractivity contribution in [2.45, 2.75) is 26.4 Å². The maximum atomic E-state index is 14.2. The molecule has 0 unspecified atom stereocenters. The molecule has 37 heavy (non-hydrogen) atoms. The summed E-state index contributed by atoms with van der Waals surface area (Å²) < 4.78 is 14.7. The minimum atomic E-state index is 0.0626. The first kappa shape index (κ1) is 25.5. The smallest absolute Gasteiger partial charge is 0.270 e. The predicted molar refractivity (Wildman–Crippen MR) is 150 cm³/mol. The second-order valence-electron chi connectivity index (χ2n) is 9.35. The van der Waals surface area contributed by atoms with Crippen molar-refractivity contribution >= 4 is 27.5 Å². The summed E-state index contributed by atoms with van der Waals surface area (Å²) >= 11 is 1.68. The third-order valence-corrected chi connectivity index (χ3v) is 7.71. The zero-order valence-corrected chi connectivity index (χ0v) is 22.3. The summed E-state index contributed by atoms with van der Waals surface area (Å²) in [6, 6.07) is 22.6. The number of nitrogens with zero attached hydrogens (tertiary/aromatic N) is 3. The fourth-order valence-corrected chi connectivity index (χ4v) is 5.77. The van der Waals surface area contributed by atoms with Crippen molar-refractivity contribution < 1.29 is 14.3 Å². The number of hydrogen-bond acceptors (Lipinski definition) is 5. The van der Waals surface area contributed by atoms with Crippen molar-refractivity contribution in [3.8, 4) is 5.75 Å². The van der Waals surface area contributed by atoms with Crippen molar-refractivity contribution in [2.24, 2.45) is 0 Å². The van der Waals surface area contributed by atoms with Crippen LogP contribution in [0.15, 0.2) is 72.1 Å². The summed E-state index contributed by atoms with van der Waals surface area (Å²) in [5.74, 6) is 0.907. The SMILES string of the molecule is CCOc1ccccc1CN(CCCN1CCOCC1)C(=O)c1cc2sccc2n1Cc1ccccc1. The van der Waals surface area contributed by atoms with Crippen LogP contribution in [0, 0.1) is 0 Å². The highest BCUT2D eigenvalue weighted by Gasteiger charge is 2.24. The Labute approximate surface area is 223 Å². The molecule has 7 heteroatoms. The van der Waals surface area contributed by atoms with E-state index in [0.717, 1.165) is 66.5 Å². The van der Waals surface area contributed by atoms with Crippen LogP contribution < -0.4 is 4.74 Å². The van der Waals surface area contributed by atoms with E-state index in [-0.39, 0.29) is 5.91 Å². The first-order chi connectivity index (χ1) is 18.2. The molecule has 0 atom stereocenters. The van der Waals surface area contributed by atoms with E-state index >= 15 is 0 Å². The average molecular weight is 518 g/mol. The first-order valence-electron chi connectivity index (χ1n) is 13.1. The van der Waals surface area contributed by atoms with Crippen molar-refractivity contribution in [1.82, 2.24) is 14.4 Å². The summed E-state index contributed by atoms with van der Waals surface area (Å²) in [5.41, 5.74) is 4.07. The quantitative estimate of drug-likeness (QED) is 0.263. The lowest BCUT2D eigenvalue weighted by atomic mass is 10.1. The van der Waals surface area contributed by atoms with Gasteiger partial charge in [-0.1, -0.05) is 48.5 Å². The molecule has 0 aliphatic carbocycles. The third kappa shape index (κ3) is 6.24. The molecule has 0 N–H and O–H groups in total. The lowest BCUT2D eigenvalue weighted by Crippen LogP contribution is -2.39.